The first-order valence-electron chi connectivity index (χ1n) is 4.88. The van der Waals surface area contributed by atoms with Gasteiger partial charge in [0.25, 0.3) is 0 Å². The third-order valence-corrected chi connectivity index (χ3v) is 3.48. The second-order valence-electron chi connectivity index (χ2n) is 4.09. The van der Waals surface area contributed by atoms with Crippen molar-refractivity contribution >= 4 is 32.4 Å². The van der Waals surface area contributed by atoms with Crippen LogP contribution in [-0.2, 0) is 0 Å². The van der Waals surface area contributed by atoms with E-state index in [1.807, 2.05) is 5.38 Å². The first kappa shape index (κ1) is 12.0. The summed E-state index contributed by atoms with van der Waals surface area (Å²) in [4.78, 5) is 6.79. The number of rotatable bonds is 4. The maximum absolute atomic E-state index is 4.45. The molecule has 0 spiro atoms. The highest BCUT2D eigenvalue weighted by Gasteiger charge is 2.15. The summed E-state index contributed by atoms with van der Waals surface area (Å²) < 4.78 is 0.937. The van der Waals surface area contributed by atoms with Crippen molar-refractivity contribution in [3.63, 3.8) is 0 Å². The zero-order valence-electron chi connectivity index (χ0n) is 9.12. The molecular weight excluding hydrogens is 260 g/mol. The van der Waals surface area contributed by atoms with Crippen molar-refractivity contribution < 1.29 is 0 Å². The highest BCUT2D eigenvalue weighted by molar-refractivity contribution is 9.10. The fourth-order valence-corrected chi connectivity index (χ4v) is 2.67. The zero-order chi connectivity index (χ0) is 10.7. The predicted molar refractivity (Wildman–Crippen MR) is 67.1 cm³/mol. The molecule has 0 atom stereocenters. The monoisotopic (exact) mass is 276 g/mol. The fraction of sp³-hybridized carbons (Fsp3) is 0.700. The Morgan fingerprint density at radius 1 is 1.43 bits per heavy atom. The number of nitrogens with zero attached hydrogens (tertiary/aromatic N) is 2. The highest BCUT2D eigenvalue weighted by atomic mass is 79.9. The van der Waals surface area contributed by atoms with Crippen molar-refractivity contribution in [1.29, 1.82) is 0 Å². The molecule has 0 N–H and O–H groups in total. The molecule has 0 bridgehead atoms. The Morgan fingerprint density at radius 2 is 2.07 bits per heavy atom. The van der Waals surface area contributed by atoms with Gasteiger partial charge in [-0.15, -0.1) is 11.3 Å². The van der Waals surface area contributed by atoms with Crippen LogP contribution in [0.15, 0.2) is 9.98 Å². The zero-order valence-corrected chi connectivity index (χ0v) is 11.5. The number of anilines is 1. The lowest BCUT2D eigenvalue weighted by molar-refractivity contribution is 0.570. The van der Waals surface area contributed by atoms with Crippen molar-refractivity contribution in [1.82, 2.24) is 4.98 Å². The van der Waals surface area contributed by atoms with Gasteiger partial charge in [-0.2, -0.15) is 0 Å². The lowest BCUT2D eigenvalue weighted by Crippen LogP contribution is -2.33. The molecule has 1 aromatic rings. The van der Waals surface area contributed by atoms with Crippen molar-refractivity contribution in [2.75, 3.05) is 11.4 Å². The van der Waals surface area contributed by atoms with E-state index in [0.29, 0.717) is 12.0 Å². The van der Waals surface area contributed by atoms with Gasteiger partial charge in [-0.3, -0.25) is 0 Å². The van der Waals surface area contributed by atoms with Crippen molar-refractivity contribution in [3.05, 3.63) is 9.98 Å². The lowest BCUT2D eigenvalue weighted by Gasteiger charge is -2.27. The van der Waals surface area contributed by atoms with E-state index >= 15 is 0 Å². The number of thiazole rings is 1. The van der Waals surface area contributed by atoms with E-state index in [2.05, 4.69) is 53.5 Å². The highest BCUT2D eigenvalue weighted by Crippen LogP contribution is 2.25. The molecule has 0 unspecified atom stereocenters. The Bertz CT molecular complexity index is 283. The van der Waals surface area contributed by atoms with Crippen LogP contribution in [0.5, 0.6) is 0 Å². The van der Waals surface area contributed by atoms with E-state index in [4.69, 9.17) is 0 Å². The molecule has 2 nitrogen and oxygen atoms in total. The Kier molecular flexibility index (Phi) is 4.38. The number of hydrogen-bond donors (Lipinski definition) is 0. The summed E-state index contributed by atoms with van der Waals surface area (Å²) in [7, 11) is 0. The van der Waals surface area contributed by atoms with E-state index in [-0.39, 0.29) is 0 Å². The second-order valence-corrected chi connectivity index (χ2v) is 5.74. The van der Waals surface area contributed by atoms with Crippen LogP contribution in [0.4, 0.5) is 5.13 Å². The van der Waals surface area contributed by atoms with Gasteiger partial charge >= 0.3 is 0 Å². The number of hydrogen-bond acceptors (Lipinski definition) is 3. The molecule has 1 aromatic heterocycles. The van der Waals surface area contributed by atoms with Crippen LogP contribution in [-0.4, -0.2) is 17.6 Å². The number of aromatic nitrogens is 1. The van der Waals surface area contributed by atoms with Crippen molar-refractivity contribution in [3.8, 4) is 0 Å². The third-order valence-electron chi connectivity index (χ3n) is 1.89. The van der Waals surface area contributed by atoms with Gasteiger partial charge in [0, 0.05) is 18.0 Å². The molecule has 0 radical (unpaired) electrons. The molecule has 0 aliphatic heterocycles. The molecule has 0 aliphatic carbocycles. The standard InChI is InChI=1S/C10H17BrN2S/c1-7(2)5-13(8(3)4)10-12-9(11)6-14-10/h6-8H,5H2,1-4H3. The quantitative estimate of drug-likeness (QED) is 0.832. The van der Waals surface area contributed by atoms with Gasteiger partial charge in [-0.1, -0.05) is 13.8 Å². The van der Waals surface area contributed by atoms with E-state index in [9.17, 15) is 0 Å². The van der Waals surface area contributed by atoms with Crippen LogP contribution in [0.2, 0.25) is 0 Å². The van der Waals surface area contributed by atoms with Crippen molar-refractivity contribution in [2.24, 2.45) is 5.92 Å². The summed E-state index contributed by atoms with van der Waals surface area (Å²) in [6.07, 6.45) is 0. The average molecular weight is 277 g/mol. The van der Waals surface area contributed by atoms with E-state index in [1.54, 1.807) is 11.3 Å². The minimum atomic E-state index is 0.510. The molecule has 0 amide bonds. The molecule has 0 aliphatic rings. The van der Waals surface area contributed by atoms with Crippen molar-refractivity contribution in [2.45, 2.75) is 33.7 Å². The second kappa shape index (κ2) is 5.12. The van der Waals surface area contributed by atoms with Gasteiger partial charge in [0.2, 0.25) is 0 Å². The topological polar surface area (TPSA) is 16.1 Å². The average Bonchev–Trinajstić information content (AvgIpc) is 2.46. The van der Waals surface area contributed by atoms with Crippen LogP contribution in [0.3, 0.4) is 0 Å². The van der Waals surface area contributed by atoms with E-state index in [1.165, 1.54) is 0 Å². The lowest BCUT2D eigenvalue weighted by atomic mass is 10.2. The summed E-state index contributed by atoms with van der Waals surface area (Å²) >= 11 is 5.08. The van der Waals surface area contributed by atoms with Crippen LogP contribution < -0.4 is 4.90 Å². The normalized spacial score (nSPS) is 11.4. The number of halogens is 1. The Labute approximate surface area is 98.5 Å². The Morgan fingerprint density at radius 3 is 2.43 bits per heavy atom. The summed E-state index contributed by atoms with van der Waals surface area (Å²) in [6.45, 7) is 9.95. The molecule has 1 rings (SSSR count). The smallest absolute Gasteiger partial charge is 0.186 e. The summed E-state index contributed by atoms with van der Waals surface area (Å²) in [5.41, 5.74) is 0. The Hall–Kier alpha value is -0.0900. The first-order valence-corrected chi connectivity index (χ1v) is 6.55. The maximum Gasteiger partial charge on any atom is 0.186 e. The van der Waals surface area contributed by atoms with Gasteiger partial charge < -0.3 is 4.90 Å². The summed E-state index contributed by atoms with van der Waals surface area (Å²) in [6, 6.07) is 0.510. The van der Waals surface area contributed by atoms with Gasteiger partial charge in [-0.25, -0.2) is 4.98 Å². The van der Waals surface area contributed by atoms with Gasteiger partial charge in [0.15, 0.2) is 5.13 Å². The van der Waals surface area contributed by atoms with E-state index in [0.717, 1.165) is 16.3 Å². The fourth-order valence-electron chi connectivity index (χ4n) is 1.28. The molecule has 0 saturated heterocycles. The summed E-state index contributed by atoms with van der Waals surface area (Å²) in [5, 5.41) is 3.14. The van der Waals surface area contributed by atoms with E-state index < -0.39 is 0 Å². The minimum absolute atomic E-state index is 0.510. The molecular formula is C10H17BrN2S. The molecule has 4 heteroatoms. The van der Waals surface area contributed by atoms with Crippen LogP contribution in [0.25, 0.3) is 0 Å². The van der Waals surface area contributed by atoms with Gasteiger partial charge in [0.05, 0.1) is 0 Å². The predicted octanol–water partition coefficient (Wildman–Crippen LogP) is 3.78. The van der Waals surface area contributed by atoms with Gasteiger partial charge in [0.1, 0.15) is 4.60 Å². The molecule has 0 fully saturated rings. The van der Waals surface area contributed by atoms with Crippen LogP contribution >= 0.6 is 27.3 Å². The maximum atomic E-state index is 4.45. The molecule has 0 aromatic carbocycles. The summed E-state index contributed by atoms with van der Waals surface area (Å²) in [5.74, 6) is 0.667. The molecule has 1 heterocycles. The SMILES string of the molecule is CC(C)CN(c1nc(Br)cs1)C(C)C. The molecule has 0 saturated carbocycles. The molecule has 14 heavy (non-hydrogen) atoms. The first-order chi connectivity index (χ1) is 6.50. The van der Waals surface area contributed by atoms with Gasteiger partial charge in [-0.05, 0) is 35.7 Å². The Balaban J connectivity index is 2.77. The molecule has 80 valence electrons. The van der Waals surface area contributed by atoms with Crippen LogP contribution in [0.1, 0.15) is 27.7 Å². The minimum Gasteiger partial charge on any atom is -0.345 e. The third kappa shape index (κ3) is 3.24. The van der Waals surface area contributed by atoms with Crippen LogP contribution in [0, 0.1) is 5.92 Å². The largest absolute Gasteiger partial charge is 0.345 e.